The van der Waals surface area contributed by atoms with Crippen LogP contribution in [-0.2, 0) is 21.0 Å². The van der Waals surface area contributed by atoms with Gasteiger partial charge in [0.15, 0.2) is 6.73 Å². The zero-order valence-electron chi connectivity index (χ0n) is 16.6. The molecule has 0 radical (unpaired) electrons. The zero-order valence-corrected chi connectivity index (χ0v) is 16.6. The predicted molar refractivity (Wildman–Crippen MR) is 104 cm³/mol. The van der Waals surface area contributed by atoms with E-state index in [0.29, 0.717) is 12.4 Å². The van der Waals surface area contributed by atoms with Gasteiger partial charge in [0, 0.05) is 41.9 Å². The van der Waals surface area contributed by atoms with Crippen LogP contribution in [0.3, 0.4) is 0 Å². The summed E-state index contributed by atoms with van der Waals surface area (Å²) in [6.07, 6.45) is 6.64. The molecule has 8 nitrogen and oxygen atoms in total. The van der Waals surface area contributed by atoms with E-state index in [1.165, 1.54) is 6.20 Å². The van der Waals surface area contributed by atoms with Crippen molar-refractivity contribution in [1.82, 2.24) is 14.3 Å². The van der Waals surface area contributed by atoms with Crippen molar-refractivity contribution in [2.45, 2.75) is 47.6 Å². The summed E-state index contributed by atoms with van der Waals surface area (Å²) in [6, 6.07) is 1.84. The molecule has 1 unspecified atom stereocenters. The third kappa shape index (κ3) is 4.71. The van der Waals surface area contributed by atoms with E-state index in [4.69, 9.17) is 20.9 Å². The first-order valence-corrected chi connectivity index (χ1v) is 8.89. The quantitative estimate of drug-likeness (QED) is 0.720. The number of anilines is 1. The average Bonchev–Trinajstić information content (AvgIpc) is 3.22. The van der Waals surface area contributed by atoms with Crippen LogP contribution in [0.4, 0.5) is 5.82 Å². The second kappa shape index (κ2) is 8.30. The van der Waals surface area contributed by atoms with Gasteiger partial charge in [-0.1, -0.05) is 0 Å². The number of nitrogen functional groups attached to an aromatic ring is 1. The molecular formula is C19H29N5O3. The molecule has 2 heterocycles. The van der Waals surface area contributed by atoms with E-state index in [1.54, 1.807) is 42.4 Å². The summed E-state index contributed by atoms with van der Waals surface area (Å²) in [5.41, 5.74) is 13.8. The highest BCUT2D eigenvalue weighted by Crippen LogP contribution is 2.29. The molecule has 27 heavy (non-hydrogen) atoms. The maximum atomic E-state index is 12.0. The maximum absolute atomic E-state index is 12.0. The SMILES string of the molecule is CCOC(C)n1cc(/C(=C/N)c2ccn(COC(=O)C(C)(C)C)c2N)cn1. The fourth-order valence-corrected chi connectivity index (χ4v) is 2.50. The third-order valence-electron chi connectivity index (χ3n) is 4.10. The van der Waals surface area contributed by atoms with Crippen LogP contribution in [0.15, 0.2) is 30.9 Å². The van der Waals surface area contributed by atoms with Gasteiger partial charge in [0.05, 0.1) is 11.6 Å². The third-order valence-corrected chi connectivity index (χ3v) is 4.10. The van der Waals surface area contributed by atoms with E-state index < -0.39 is 5.41 Å². The molecule has 0 saturated carbocycles. The van der Waals surface area contributed by atoms with Crippen LogP contribution in [0.2, 0.25) is 0 Å². The lowest BCUT2D eigenvalue weighted by Gasteiger charge is -2.17. The first kappa shape index (κ1) is 20.6. The monoisotopic (exact) mass is 375 g/mol. The first-order chi connectivity index (χ1) is 12.7. The smallest absolute Gasteiger partial charge is 0.312 e. The van der Waals surface area contributed by atoms with Crippen molar-refractivity contribution in [2.24, 2.45) is 11.1 Å². The zero-order chi connectivity index (χ0) is 20.2. The van der Waals surface area contributed by atoms with E-state index in [2.05, 4.69) is 5.10 Å². The highest BCUT2D eigenvalue weighted by molar-refractivity contribution is 5.84. The normalized spacial score (nSPS) is 13.6. The lowest BCUT2D eigenvalue weighted by atomic mass is 9.98. The molecule has 1 atom stereocenters. The molecule has 0 aliphatic rings. The van der Waals surface area contributed by atoms with Crippen LogP contribution in [0.1, 0.15) is 52.0 Å². The fourth-order valence-electron chi connectivity index (χ4n) is 2.50. The molecule has 0 amide bonds. The summed E-state index contributed by atoms with van der Waals surface area (Å²) in [7, 11) is 0. The molecule has 2 rings (SSSR count). The molecule has 0 aliphatic heterocycles. The summed E-state index contributed by atoms with van der Waals surface area (Å²) >= 11 is 0. The Kier molecular flexibility index (Phi) is 6.32. The van der Waals surface area contributed by atoms with E-state index in [-0.39, 0.29) is 18.9 Å². The molecule has 0 saturated heterocycles. The fraction of sp³-hybridized carbons (Fsp3) is 0.474. The number of esters is 1. The van der Waals surface area contributed by atoms with Crippen molar-refractivity contribution < 1.29 is 14.3 Å². The van der Waals surface area contributed by atoms with E-state index in [9.17, 15) is 4.79 Å². The van der Waals surface area contributed by atoms with Crippen molar-refractivity contribution in [3.63, 3.8) is 0 Å². The van der Waals surface area contributed by atoms with Gasteiger partial charge in [-0.15, -0.1) is 0 Å². The molecule has 0 bridgehead atoms. The minimum Gasteiger partial charge on any atom is -0.443 e. The Balaban J connectivity index is 2.20. The van der Waals surface area contributed by atoms with Gasteiger partial charge < -0.3 is 25.5 Å². The molecule has 148 valence electrons. The van der Waals surface area contributed by atoms with Crippen LogP contribution in [-0.4, -0.2) is 26.9 Å². The van der Waals surface area contributed by atoms with Crippen molar-refractivity contribution in [3.8, 4) is 0 Å². The van der Waals surface area contributed by atoms with Crippen LogP contribution < -0.4 is 11.5 Å². The second-order valence-corrected chi connectivity index (χ2v) is 7.24. The molecule has 0 aromatic carbocycles. The largest absolute Gasteiger partial charge is 0.443 e. The number of carbonyl (C=O) groups is 1. The first-order valence-electron chi connectivity index (χ1n) is 8.89. The molecular weight excluding hydrogens is 346 g/mol. The second-order valence-electron chi connectivity index (χ2n) is 7.24. The summed E-state index contributed by atoms with van der Waals surface area (Å²) in [5.74, 6) is 0.164. The van der Waals surface area contributed by atoms with Crippen molar-refractivity contribution >= 4 is 17.4 Å². The summed E-state index contributed by atoms with van der Waals surface area (Å²) in [5, 5.41) is 4.33. The van der Waals surface area contributed by atoms with Crippen molar-refractivity contribution in [2.75, 3.05) is 12.3 Å². The van der Waals surface area contributed by atoms with E-state index in [1.807, 2.05) is 26.1 Å². The van der Waals surface area contributed by atoms with E-state index in [0.717, 1.165) is 16.7 Å². The lowest BCUT2D eigenvalue weighted by molar-refractivity contribution is -0.156. The average molecular weight is 375 g/mol. The van der Waals surface area contributed by atoms with Gasteiger partial charge in [0.1, 0.15) is 12.0 Å². The number of nitrogens with two attached hydrogens (primary N) is 2. The van der Waals surface area contributed by atoms with Gasteiger partial charge in [-0.05, 0) is 40.7 Å². The minimum atomic E-state index is -0.571. The number of hydrogen-bond acceptors (Lipinski definition) is 6. The highest BCUT2D eigenvalue weighted by atomic mass is 16.5. The van der Waals surface area contributed by atoms with Gasteiger partial charge >= 0.3 is 5.97 Å². The van der Waals surface area contributed by atoms with Crippen LogP contribution in [0, 0.1) is 5.41 Å². The topological polar surface area (TPSA) is 110 Å². The molecule has 8 heteroatoms. The lowest BCUT2D eigenvalue weighted by Crippen LogP contribution is -2.24. The number of ether oxygens (including phenoxy) is 2. The van der Waals surface area contributed by atoms with Gasteiger partial charge in [-0.25, -0.2) is 4.68 Å². The van der Waals surface area contributed by atoms with Crippen molar-refractivity contribution in [1.29, 1.82) is 0 Å². The van der Waals surface area contributed by atoms with Crippen molar-refractivity contribution in [3.05, 3.63) is 42.0 Å². The summed E-state index contributed by atoms with van der Waals surface area (Å²) < 4.78 is 14.3. The molecule has 2 aromatic rings. The number of rotatable bonds is 7. The Labute approximate surface area is 159 Å². The Hall–Kier alpha value is -2.74. The number of carbonyl (C=O) groups excluding carboxylic acids is 1. The number of nitrogens with zero attached hydrogens (tertiary/aromatic N) is 3. The van der Waals surface area contributed by atoms with Gasteiger partial charge in [0.2, 0.25) is 0 Å². The molecule has 0 aliphatic carbocycles. The summed E-state index contributed by atoms with van der Waals surface area (Å²) in [6.45, 7) is 9.89. The number of hydrogen-bond donors (Lipinski definition) is 2. The van der Waals surface area contributed by atoms with Crippen LogP contribution in [0.25, 0.3) is 5.57 Å². The van der Waals surface area contributed by atoms with Crippen LogP contribution in [0.5, 0.6) is 0 Å². The predicted octanol–water partition coefficient (Wildman–Crippen LogP) is 2.72. The van der Waals surface area contributed by atoms with Gasteiger partial charge in [-0.2, -0.15) is 5.10 Å². The molecule has 0 fully saturated rings. The standard InChI is InChI=1S/C19H29N5O3/c1-6-26-13(2)24-11-14(10-22-24)16(9-20)15-7-8-23(17(15)21)12-27-18(25)19(3,4)5/h7-11,13H,6,12,20-21H2,1-5H3/b16-9-. The van der Waals surface area contributed by atoms with Gasteiger partial charge in [0.25, 0.3) is 0 Å². The highest BCUT2D eigenvalue weighted by Gasteiger charge is 2.23. The van der Waals surface area contributed by atoms with Gasteiger partial charge in [-0.3, -0.25) is 4.79 Å². The Morgan fingerprint density at radius 1 is 1.41 bits per heavy atom. The minimum absolute atomic E-state index is 0.0421. The Morgan fingerprint density at radius 3 is 2.70 bits per heavy atom. The Morgan fingerprint density at radius 2 is 2.11 bits per heavy atom. The van der Waals surface area contributed by atoms with Crippen LogP contribution >= 0.6 is 0 Å². The molecule has 2 aromatic heterocycles. The van der Waals surface area contributed by atoms with E-state index >= 15 is 0 Å². The molecule has 4 N–H and O–H groups in total. The summed E-state index contributed by atoms with van der Waals surface area (Å²) in [4.78, 5) is 12.0. The Bertz CT molecular complexity index is 814. The molecule has 0 spiro atoms. The maximum Gasteiger partial charge on any atom is 0.312 e. The number of aromatic nitrogens is 3.